The first-order chi connectivity index (χ1) is 12.8. The van der Waals surface area contributed by atoms with Crippen molar-refractivity contribution >= 4 is 37.5 Å². The Bertz CT molecular complexity index is 850. The van der Waals surface area contributed by atoms with E-state index in [4.69, 9.17) is 4.74 Å². The van der Waals surface area contributed by atoms with Crippen LogP contribution in [-0.2, 0) is 14.8 Å². The van der Waals surface area contributed by atoms with E-state index in [0.717, 1.165) is 10.9 Å². The molecule has 0 saturated heterocycles. The van der Waals surface area contributed by atoms with Crippen molar-refractivity contribution in [2.45, 2.75) is 31.3 Å². The SMILES string of the molecule is CC(C)OCCCNC(=O)c1ccc(NS(=O)(=O)c2ccc(Br)cc2)cc1. The number of carbonyl (C=O) groups excluding carboxylic acids is 1. The second-order valence-electron chi connectivity index (χ2n) is 6.17. The molecule has 146 valence electrons. The normalized spacial score (nSPS) is 11.4. The number of rotatable bonds is 9. The van der Waals surface area contributed by atoms with Gasteiger partial charge in [-0.3, -0.25) is 9.52 Å². The van der Waals surface area contributed by atoms with Crippen molar-refractivity contribution < 1.29 is 17.9 Å². The maximum absolute atomic E-state index is 12.4. The average Bonchev–Trinajstić information content (AvgIpc) is 2.61. The quantitative estimate of drug-likeness (QED) is 0.564. The summed E-state index contributed by atoms with van der Waals surface area (Å²) < 4.78 is 33.4. The third-order valence-electron chi connectivity index (χ3n) is 3.58. The molecular formula is C19H23BrN2O4S. The van der Waals surface area contributed by atoms with Crippen LogP contribution in [-0.4, -0.2) is 33.6 Å². The second kappa shape index (κ2) is 9.87. The highest BCUT2D eigenvalue weighted by Gasteiger charge is 2.14. The van der Waals surface area contributed by atoms with Gasteiger partial charge in [-0.1, -0.05) is 15.9 Å². The molecule has 0 saturated carbocycles. The molecule has 0 heterocycles. The molecular weight excluding hydrogens is 432 g/mol. The van der Waals surface area contributed by atoms with E-state index in [-0.39, 0.29) is 16.9 Å². The van der Waals surface area contributed by atoms with Gasteiger partial charge in [-0.25, -0.2) is 8.42 Å². The van der Waals surface area contributed by atoms with Gasteiger partial charge in [0.2, 0.25) is 0 Å². The van der Waals surface area contributed by atoms with Crippen molar-refractivity contribution in [2.75, 3.05) is 17.9 Å². The van der Waals surface area contributed by atoms with Gasteiger partial charge < -0.3 is 10.1 Å². The van der Waals surface area contributed by atoms with Crippen LogP contribution in [0.4, 0.5) is 5.69 Å². The monoisotopic (exact) mass is 454 g/mol. The van der Waals surface area contributed by atoms with Gasteiger partial charge in [0.25, 0.3) is 15.9 Å². The van der Waals surface area contributed by atoms with E-state index in [2.05, 4.69) is 26.0 Å². The number of hydrogen-bond acceptors (Lipinski definition) is 4. The Labute approximate surface area is 168 Å². The fraction of sp³-hybridized carbons (Fsp3) is 0.316. The summed E-state index contributed by atoms with van der Waals surface area (Å²) >= 11 is 3.27. The smallest absolute Gasteiger partial charge is 0.261 e. The molecule has 2 rings (SSSR count). The van der Waals surface area contributed by atoms with Crippen LogP contribution in [0.15, 0.2) is 57.9 Å². The number of benzene rings is 2. The standard InChI is InChI=1S/C19H23BrN2O4S/c1-14(2)26-13-3-12-21-19(23)15-4-8-17(9-5-15)22-27(24,25)18-10-6-16(20)7-11-18/h4-11,14,22H,3,12-13H2,1-2H3,(H,21,23). The topological polar surface area (TPSA) is 84.5 Å². The zero-order valence-electron chi connectivity index (χ0n) is 15.2. The number of sulfonamides is 1. The van der Waals surface area contributed by atoms with Crippen LogP contribution in [0.1, 0.15) is 30.6 Å². The van der Waals surface area contributed by atoms with E-state index < -0.39 is 10.0 Å². The molecule has 0 aromatic heterocycles. The molecule has 0 unspecified atom stereocenters. The summed E-state index contributed by atoms with van der Waals surface area (Å²) in [5.41, 5.74) is 0.853. The van der Waals surface area contributed by atoms with Crippen LogP contribution in [0.5, 0.6) is 0 Å². The lowest BCUT2D eigenvalue weighted by molar-refractivity contribution is 0.0757. The van der Waals surface area contributed by atoms with Gasteiger partial charge in [0, 0.05) is 28.9 Å². The van der Waals surface area contributed by atoms with Crippen LogP contribution < -0.4 is 10.0 Å². The number of ether oxygens (including phenoxy) is 1. The fourth-order valence-corrected chi connectivity index (χ4v) is 3.54. The molecule has 0 radical (unpaired) electrons. The second-order valence-corrected chi connectivity index (χ2v) is 8.76. The summed E-state index contributed by atoms with van der Waals surface area (Å²) in [7, 11) is -3.68. The van der Waals surface area contributed by atoms with E-state index in [1.165, 1.54) is 12.1 Å². The van der Waals surface area contributed by atoms with Gasteiger partial charge in [0.15, 0.2) is 0 Å². The summed E-state index contributed by atoms with van der Waals surface area (Å²) in [5, 5.41) is 2.81. The molecule has 8 heteroatoms. The maximum Gasteiger partial charge on any atom is 0.261 e. The molecule has 2 aromatic carbocycles. The number of anilines is 1. The molecule has 0 bridgehead atoms. The molecule has 2 N–H and O–H groups in total. The first-order valence-electron chi connectivity index (χ1n) is 8.56. The molecule has 2 aromatic rings. The summed E-state index contributed by atoms with van der Waals surface area (Å²) in [6.45, 7) is 5.04. The Morgan fingerprint density at radius 3 is 2.30 bits per heavy atom. The Hall–Kier alpha value is -1.90. The number of hydrogen-bond donors (Lipinski definition) is 2. The van der Waals surface area contributed by atoms with E-state index >= 15 is 0 Å². The van der Waals surface area contributed by atoms with Crippen molar-refractivity contribution in [1.82, 2.24) is 5.32 Å². The highest BCUT2D eigenvalue weighted by Crippen LogP contribution is 2.19. The van der Waals surface area contributed by atoms with Crippen LogP contribution in [0.2, 0.25) is 0 Å². The van der Waals surface area contributed by atoms with Gasteiger partial charge in [-0.05, 0) is 68.8 Å². The first kappa shape index (κ1) is 21.4. The van der Waals surface area contributed by atoms with Gasteiger partial charge in [0.05, 0.1) is 11.0 Å². The predicted octanol–water partition coefficient (Wildman–Crippen LogP) is 3.79. The molecule has 0 atom stereocenters. The number of carbonyl (C=O) groups is 1. The summed E-state index contributed by atoms with van der Waals surface area (Å²) in [5.74, 6) is -0.207. The van der Waals surface area contributed by atoms with Gasteiger partial charge >= 0.3 is 0 Å². The van der Waals surface area contributed by atoms with Gasteiger partial charge in [-0.15, -0.1) is 0 Å². The van der Waals surface area contributed by atoms with Crippen LogP contribution in [0.3, 0.4) is 0 Å². The maximum atomic E-state index is 12.4. The van der Waals surface area contributed by atoms with E-state index in [0.29, 0.717) is 24.4 Å². The first-order valence-corrected chi connectivity index (χ1v) is 10.8. The molecule has 0 aliphatic heterocycles. The lowest BCUT2D eigenvalue weighted by atomic mass is 10.2. The van der Waals surface area contributed by atoms with Crippen molar-refractivity contribution in [3.63, 3.8) is 0 Å². The molecule has 0 aliphatic rings. The summed E-state index contributed by atoms with van der Waals surface area (Å²) in [6.07, 6.45) is 0.907. The molecule has 1 amide bonds. The molecule has 6 nitrogen and oxygen atoms in total. The lowest BCUT2D eigenvalue weighted by Gasteiger charge is -2.10. The zero-order valence-corrected chi connectivity index (χ0v) is 17.6. The fourth-order valence-electron chi connectivity index (χ4n) is 2.21. The number of amides is 1. The Kier molecular flexibility index (Phi) is 7.82. The minimum absolute atomic E-state index is 0.163. The average molecular weight is 455 g/mol. The van der Waals surface area contributed by atoms with Crippen LogP contribution >= 0.6 is 15.9 Å². The van der Waals surface area contributed by atoms with Crippen molar-refractivity contribution in [3.8, 4) is 0 Å². The largest absolute Gasteiger partial charge is 0.379 e. The van der Waals surface area contributed by atoms with Gasteiger partial charge in [0.1, 0.15) is 0 Å². The minimum Gasteiger partial charge on any atom is -0.379 e. The molecule has 0 spiro atoms. The zero-order chi connectivity index (χ0) is 19.9. The van der Waals surface area contributed by atoms with Crippen molar-refractivity contribution in [3.05, 3.63) is 58.6 Å². The van der Waals surface area contributed by atoms with Crippen molar-refractivity contribution in [2.24, 2.45) is 0 Å². The predicted molar refractivity (Wildman–Crippen MR) is 109 cm³/mol. The summed E-state index contributed by atoms with van der Waals surface area (Å²) in [6, 6.07) is 12.6. The van der Waals surface area contributed by atoms with Gasteiger partial charge in [-0.2, -0.15) is 0 Å². The van der Waals surface area contributed by atoms with E-state index in [1.54, 1.807) is 36.4 Å². The highest BCUT2D eigenvalue weighted by molar-refractivity contribution is 9.10. The Morgan fingerprint density at radius 1 is 1.07 bits per heavy atom. The third-order valence-corrected chi connectivity index (χ3v) is 5.51. The van der Waals surface area contributed by atoms with Crippen LogP contribution in [0.25, 0.3) is 0 Å². The van der Waals surface area contributed by atoms with Crippen molar-refractivity contribution in [1.29, 1.82) is 0 Å². The van der Waals surface area contributed by atoms with Crippen LogP contribution in [0, 0.1) is 0 Å². The minimum atomic E-state index is -3.68. The molecule has 27 heavy (non-hydrogen) atoms. The number of halogens is 1. The third kappa shape index (κ3) is 6.97. The lowest BCUT2D eigenvalue weighted by Crippen LogP contribution is -2.25. The summed E-state index contributed by atoms with van der Waals surface area (Å²) in [4.78, 5) is 12.3. The highest BCUT2D eigenvalue weighted by atomic mass is 79.9. The molecule has 0 fully saturated rings. The Morgan fingerprint density at radius 2 is 1.70 bits per heavy atom. The Balaban J connectivity index is 1.90. The van der Waals surface area contributed by atoms with E-state index in [9.17, 15) is 13.2 Å². The number of nitrogens with one attached hydrogen (secondary N) is 2. The molecule has 0 aliphatic carbocycles. The van der Waals surface area contributed by atoms with E-state index in [1.807, 2.05) is 13.8 Å².